The van der Waals surface area contributed by atoms with Crippen LogP contribution in [-0.2, 0) is 7.59 Å². The van der Waals surface area contributed by atoms with E-state index in [0.29, 0.717) is 0 Å². The first-order chi connectivity index (χ1) is 2.77. The summed E-state index contributed by atoms with van der Waals surface area (Å²) in [6.45, 7) is 0. The molecule has 0 aromatic heterocycles. The average molecular weight is 104 g/mol. The molecule has 0 radical (unpaired) electrons. The fourth-order valence-corrected chi connectivity index (χ4v) is 0.123. The molecule has 0 rings (SSSR count). The molecule has 32 valence electrons. The molecule has 0 aliphatic heterocycles. The van der Waals surface area contributed by atoms with Gasteiger partial charge in [-0.1, -0.05) is 0 Å². The van der Waals surface area contributed by atoms with E-state index < -0.39 is 21.6 Å². The second kappa shape index (κ2) is 2.82. The van der Waals surface area contributed by atoms with Crippen LogP contribution in [0.15, 0.2) is 0 Å². The molecule has 0 amide bonds. The van der Waals surface area contributed by atoms with Crippen molar-refractivity contribution in [3.63, 3.8) is 0 Å². The van der Waals surface area contributed by atoms with Crippen LogP contribution in [0.25, 0.3) is 0 Å². The van der Waals surface area contributed by atoms with E-state index in [4.69, 9.17) is 5.11 Å². The molecular weight excluding hydrogens is 103 g/mol. The van der Waals surface area contributed by atoms with Crippen molar-refractivity contribution in [3.8, 4) is 0 Å². The Kier molecular flexibility index (Phi) is 2.63. The normalized spacial score (nSPS) is 6.00. The first-order valence-corrected chi connectivity index (χ1v) is 2.05. The van der Waals surface area contributed by atoms with E-state index in [1.54, 1.807) is 0 Å². The van der Waals surface area contributed by atoms with E-state index in [1.807, 2.05) is 0 Å². The zero-order valence-corrected chi connectivity index (χ0v) is 3.90. The maximum atomic E-state index is 9.22. The van der Waals surface area contributed by atoms with E-state index in [-0.39, 0.29) is 0 Å². The fraction of sp³-hybridized carbons (Fsp3) is 0. The van der Waals surface area contributed by atoms with Crippen LogP contribution >= 0.6 is 0 Å². The molecule has 0 aliphatic rings. The number of rotatable bonds is 1. The summed E-state index contributed by atoms with van der Waals surface area (Å²) in [6, 6.07) is 0. The Hall–Kier alpha value is -0.398. The standard InChI is InChI=1S/CH2O3.Al.O/c2-1(3)4;;/h(H2,2,3,4);;/q;+1;/p-1. The third kappa shape index (κ3) is 3.60. The van der Waals surface area contributed by atoms with Crippen molar-refractivity contribution in [2.24, 2.45) is 0 Å². The third-order valence-corrected chi connectivity index (χ3v) is 0.447. The van der Waals surface area contributed by atoms with Crippen molar-refractivity contribution in [3.05, 3.63) is 0 Å². The third-order valence-electron chi connectivity index (χ3n) is 0.149. The van der Waals surface area contributed by atoms with E-state index in [1.165, 1.54) is 0 Å². The summed E-state index contributed by atoms with van der Waals surface area (Å²) in [5, 5.41) is 7.51. The number of carboxylic acid groups (broad SMARTS) is 1. The molecule has 4 nitrogen and oxygen atoms in total. The summed E-state index contributed by atoms with van der Waals surface area (Å²) in [7, 11) is 0. The Labute approximate surface area is 40.0 Å². The quantitative estimate of drug-likeness (QED) is 0.461. The number of hydrogen-bond donors (Lipinski definition) is 1. The summed E-state index contributed by atoms with van der Waals surface area (Å²) < 4.78 is 12.7. The second-order valence-electron chi connectivity index (χ2n) is 0.480. The second-order valence-corrected chi connectivity index (χ2v) is 0.908. The molecule has 0 spiro atoms. The Bertz CT molecular complexity index is 67.9. The van der Waals surface area contributed by atoms with Gasteiger partial charge in [-0.25, -0.2) is 0 Å². The Morgan fingerprint density at radius 3 is 2.33 bits per heavy atom. The van der Waals surface area contributed by atoms with Gasteiger partial charge < -0.3 is 0 Å². The summed E-state index contributed by atoms with van der Waals surface area (Å²) in [5.74, 6) is 0. The Morgan fingerprint density at radius 1 is 1.83 bits per heavy atom. The molecule has 0 saturated heterocycles. The van der Waals surface area contributed by atoms with Crippen molar-refractivity contribution in [2.45, 2.75) is 0 Å². The van der Waals surface area contributed by atoms with Crippen LogP contribution in [0.2, 0.25) is 0 Å². The van der Waals surface area contributed by atoms with Gasteiger partial charge in [0.25, 0.3) is 0 Å². The topological polar surface area (TPSA) is 63.6 Å². The van der Waals surface area contributed by atoms with Gasteiger partial charge in [0, 0.05) is 0 Å². The first-order valence-electron chi connectivity index (χ1n) is 1.10. The number of hydrogen-bond acceptors (Lipinski definition) is 3. The van der Waals surface area contributed by atoms with Gasteiger partial charge in [-0.2, -0.15) is 0 Å². The molecule has 0 aromatic carbocycles. The predicted octanol–water partition coefficient (Wildman–Crippen LogP) is -0.354. The van der Waals surface area contributed by atoms with Gasteiger partial charge in [0.15, 0.2) is 0 Å². The first kappa shape index (κ1) is 5.60. The summed E-state index contributed by atoms with van der Waals surface area (Å²) >= 11 is -1.60. The molecule has 0 aliphatic carbocycles. The van der Waals surface area contributed by atoms with E-state index in [9.17, 15) is 8.60 Å². The molecule has 0 aromatic rings. The van der Waals surface area contributed by atoms with Crippen molar-refractivity contribution in [1.29, 1.82) is 0 Å². The maximum absolute atomic E-state index is 9.22. The van der Waals surface area contributed by atoms with E-state index in [0.717, 1.165) is 0 Å². The zero-order chi connectivity index (χ0) is 4.99. The molecule has 0 saturated carbocycles. The van der Waals surface area contributed by atoms with Gasteiger partial charge in [-0.3, -0.25) is 0 Å². The molecule has 1 N–H and O–H groups in total. The van der Waals surface area contributed by atoms with Crippen molar-refractivity contribution in [2.75, 3.05) is 0 Å². The van der Waals surface area contributed by atoms with Crippen LogP contribution in [0.4, 0.5) is 4.79 Å². The predicted molar refractivity (Wildman–Crippen MR) is 15.6 cm³/mol. The molecule has 0 atom stereocenters. The monoisotopic (exact) mass is 104 g/mol. The van der Waals surface area contributed by atoms with E-state index >= 15 is 0 Å². The minimum atomic E-state index is -1.60. The molecule has 5 heteroatoms. The molecule has 0 fully saturated rings. The molecule has 6 heavy (non-hydrogen) atoms. The molecule has 0 unspecified atom stereocenters. The van der Waals surface area contributed by atoms with E-state index in [2.05, 4.69) is 3.79 Å². The Balaban J connectivity index is 3.05. The van der Waals surface area contributed by atoms with Gasteiger partial charge in [-0.15, -0.1) is 0 Å². The SMILES string of the molecule is [O]=[Al][O]C(=O)O. The minimum absolute atomic E-state index is 1.49. The van der Waals surface area contributed by atoms with Crippen LogP contribution in [0.5, 0.6) is 0 Å². The van der Waals surface area contributed by atoms with Crippen molar-refractivity contribution >= 4 is 21.6 Å². The van der Waals surface area contributed by atoms with Crippen LogP contribution in [0.3, 0.4) is 0 Å². The van der Waals surface area contributed by atoms with Gasteiger partial charge in [0.2, 0.25) is 0 Å². The number of carbonyl (C=O) groups is 1. The van der Waals surface area contributed by atoms with Gasteiger partial charge in [-0.05, 0) is 0 Å². The Morgan fingerprint density at radius 2 is 2.33 bits per heavy atom. The van der Waals surface area contributed by atoms with Crippen LogP contribution in [0.1, 0.15) is 0 Å². The van der Waals surface area contributed by atoms with Gasteiger partial charge in [0.05, 0.1) is 0 Å². The van der Waals surface area contributed by atoms with Crippen LogP contribution in [-0.4, -0.2) is 26.7 Å². The summed E-state index contributed by atoms with van der Waals surface area (Å²) in [4.78, 5) is 9.20. The van der Waals surface area contributed by atoms with Crippen LogP contribution < -0.4 is 0 Å². The molecule has 0 heterocycles. The summed E-state index contributed by atoms with van der Waals surface area (Å²) in [5.41, 5.74) is 0. The van der Waals surface area contributed by atoms with Crippen molar-refractivity contribution < 1.29 is 17.5 Å². The van der Waals surface area contributed by atoms with Crippen molar-refractivity contribution in [1.82, 2.24) is 0 Å². The summed E-state index contributed by atoms with van der Waals surface area (Å²) in [6.07, 6.45) is -1.49. The average Bonchev–Trinajstić information content (AvgIpc) is 1.35. The molecule has 0 bridgehead atoms. The zero-order valence-electron chi connectivity index (χ0n) is 2.75. The fourth-order valence-electron chi connectivity index (χ4n) is 0.0412. The van der Waals surface area contributed by atoms with Crippen LogP contribution in [0, 0.1) is 0 Å². The van der Waals surface area contributed by atoms with Gasteiger partial charge in [0.1, 0.15) is 0 Å². The van der Waals surface area contributed by atoms with Gasteiger partial charge >= 0.3 is 39.1 Å². The molecular formula is CHAlO4.